The highest BCUT2D eigenvalue weighted by Gasteiger charge is 2.13. The third kappa shape index (κ3) is 1.79. The fourth-order valence-electron chi connectivity index (χ4n) is 4.41. The molecular formula is C26H16. The van der Waals surface area contributed by atoms with Crippen LogP contribution in [0.15, 0.2) is 84.9 Å². The minimum absolute atomic E-state index is 1.28. The largest absolute Gasteiger partial charge is 0.0622 e. The highest BCUT2D eigenvalue weighted by Crippen LogP contribution is 2.23. The van der Waals surface area contributed by atoms with E-state index >= 15 is 0 Å². The van der Waals surface area contributed by atoms with E-state index in [4.69, 9.17) is 0 Å². The molecule has 0 atom stereocenters. The Labute approximate surface area is 151 Å². The van der Waals surface area contributed by atoms with Gasteiger partial charge in [0.05, 0.1) is 0 Å². The second kappa shape index (κ2) is 5.06. The van der Waals surface area contributed by atoms with E-state index in [0.717, 1.165) is 0 Å². The topological polar surface area (TPSA) is 0 Å². The second-order valence-corrected chi connectivity index (χ2v) is 7.00. The van der Waals surface area contributed by atoms with Crippen molar-refractivity contribution >= 4 is 12.2 Å². The molecule has 0 heteroatoms. The Morgan fingerprint density at radius 1 is 0.423 bits per heavy atom. The Morgan fingerprint density at radius 3 is 2.00 bits per heavy atom. The van der Waals surface area contributed by atoms with Gasteiger partial charge in [0.1, 0.15) is 0 Å². The molecule has 0 spiro atoms. The van der Waals surface area contributed by atoms with E-state index in [9.17, 15) is 0 Å². The standard InChI is InChI=1S/C26H16/c1-2-7-17(8-3-1)19-11-6-12-21-23-14-13-22-20-10-5-4-9-18(20)15-24(22)26(23)16-25(19)21/h1-16H. The Bertz CT molecular complexity index is 1510. The lowest BCUT2D eigenvalue weighted by atomic mass is 10.0. The summed E-state index contributed by atoms with van der Waals surface area (Å²) in [4.78, 5) is 0. The van der Waals surface area contributed by atoms with E-state index in [1.54, 1.807) is 0 Å². The molecule has 0 saturated heterocycles. The maximum Gasteiger partial charge on any atom is -0.00923 e. The highest BCUT2D eigenvalue weighted by atomic mass is 14.2. The summed E-state index contributed by atoms with van der Waals surface area (Å²) in [6.45, 7) is 0. The smallest absolute Gasteiger partial charge is 0.00923 e. The Balaban J connectivity index is 1.77. The highest BCUT2D eigenvalue weighted by molar-refractivity contribution is 5.75. The molecule has 0 saturated carbocycles. The van der Waals surface area contributed by atoms with Crippen molar-refractivity contribution in [2.45, 2.75) is 0 Å². The van der Waals surface area contributed by atoms with Crippen LogP contribution >= 0.6 is 0 Å². The summed E-state index contributed by atoms with van der Waals surface area (Å²) in [5, 5.41) is 8.05. The van der Waals surface area contributed by atoms with Gasteiger partial charge in [-0.2, -0.15) is 0 Å². The molecule has 0 N–H and O–H groups in total. The van der Waals surface area contributed by atoms with Crippen LogP contribution in [0.25, 0.3) is 23.3 Å². The van der Waals surface area contributed by atoms with Gasteiger partial charge < -0.3 is 0 Å². The lowest BCUT2D eigenvalue weighted by molar-refractivity contribution is 1.43. The molecule has 26 heavy (non-hydrogen) atoms. The number of hydrogen-bond acceptors (Lipinski definition) is 0. The van der Waals surface area contributed by atoms with E-state index in [0.29, 0.717) is 0 Å². The van der Waals surface area contributed by atoms with Gasteiger partial charge in [0.25, 0.3) is 0 Å². The average Bonchev–Trinajstić information content (AvgIpc) is 3.27. The summed E-state index contributed by atoms with van der Waals surface area (Å²) in [6.07, 6.45) is 4.72. The summed E-state index contributed by atoms with van der Waals surface area (Å²) in [5.74, 6) is 0. The molecule has 0 aromatic heterocycles. The zero-order chi connectivity index (χ0) is 17.1. The van der Waals surface area contributed by atoms with Crippen LogP contribution in [0.4, 0.5) is 0 Å². The van der Waals surface area contributed by atoms with Gasteiger partial charge in [-0.05, 0) is 65.7 Å². The summed E-state index contributed by atoms with van der Waals surface area (Å²) >= 11 is 0. The SMILES string of the molecule is C1=c2ccccc2=c2ccc3c(c21)C=c1c(-c2ccccc2)cccc1=3. The lowest BCUT2D eigenvalue weighted by Gasteiger charge is -2.02. The zero-order valence-corrected chi connectivity index (χ0v) is 14.2. The van der Waals surface area contributed by atoms with Crippen LogP contribution in [-0.2, 0) is 0 Å². The molecule has 0 unspecified atom stereocenters. The lowest BCUT2D eigenvalue weighted by Crippen LogP contribution is -2.04. The summed E-state index contributed by atoms with van der Waals surface area (Å²) in [5.41, 5.74) is 5.30. The summed E-state index contributed by atoms with van der Waals surface area (Å²) < 4.78 is 0. The molecular weight excluding hydrogens is 312 g/mol. The van der Waals surface area contributed by atoms with E-state index in [1.165, 1.54) is 53.6 Å². The van der Waals surface area contributed by atoms with Crippen molar-refractivity contribution in [3.63, 3.8) is 0 Å². The Kier molecular flexibility index (Phi) is 2.70. The third-order valence-corrected chi connectivity index (χ3v) is 5.61. The van der Waals surface area contributed by atoms with Crippen LogP contribution < -0.4 is 10.4 Å². The number of benzene rings is 4. The van der Waals surface area contributed by atoms with E-state index < -0.39 is 0 Å². The molecule has 0 aliphatic heterocycles. The van der Waals surface area contributed by atoms with Gasteiger partial charge in [-0.3, -0.25) is 0 Å². The molecule has 0 fully saturated rings. The van der Waals surface area contributed by atoms with Crippen molar-refractivity contribution in [2.75, 3.05) is 0 Å². The molecule has 4 aromatic rings. The van der Waals surface area contributed by atoms with E-state index in [-0.39, 0.29) is 0 Å². The van der Waals surface area contributed by atoms with Crippen LogP contribution in [0.2, 0.25) is 0 Å². The van der Waals surface area contributed by atoms with Crippen molar-refractivity contribution < 1.29 is 0 Å². The minimum atomic E-state index is 1.28. The molecule has 4 aromatic carbocycles. The van der Waals surface area contributed by atoms with Crippen molar-refractivity contribution in [3.8, 4) is 11.1 Å². The zero-order valence-electron chi connectivity index (χ0n) is 14.2. The third-order valence-electron chi connectivity index (χ3n) is 5.61. The van der Waals surface area contributed by atoms with Crippen molar-refractivity contribution in [3.05, 3.63) is 127 Å². The molecule has 0 nitrogen and oxygen atoms in total. The minimum Gasteiger partial charge on any atom is -0.0622 e. The number of rotatable bonds is 1. The molecule has 2 aliphatic rings. The predicted octanol–water partition coefficient (Wildman–Crippen LogP) is 4.21. The first-order valence-corrected chi connectivity index (χ1v) is 9.05. The van der Waals surface area contributed by atoms with E-state index in [1.807, 2.05) is 0 Å². The monoisotopic (exact) mass is 328 g/mol. The fraction of sp³-hybridized carbons (Fsp3) is 0. The van der Waals surface area contributed by atoms with Crippen LogP contribution in [0.1, 0.15) is 11.1 Å². The molecule has 0 heterocycles. The maximum absolute atomic E-state index is 2.38. The van der Waals surface area contributed by atoms with Gasteiger partial charge in [-0.25, -0.2) is 0 Å². The van der Waals surface area contributed by atoms with Crippen molar-refractivity contribution in [1.82, 2.24) is 0 Å². The van der Waals surface area contributed by atoms with Gasteiger partial charge >= 0.3 is 0 Å². The summed E-state index contributed by atoms with van der Waals surface area (Å²) in [7, 11) is 0. The Hall–Kier alpha value is -3.38. The molecule has 2 aliphatic carbocycles. The Morgan fingerprint density at radius 2 is 1.12 bits per heavy atom. The predicted molar refractivity (Wildman–Crippen MR) is 106 cm³/mol. The van der Waals surface area contributed by atoms with Gasteiger partial charge in [0, 0.05) is 0 Å². The second-order valence-electron chi connectivity index (χ2n) is 7.00. The first kappa shape index (κ1) is 13.9. The van der Waals surface area contributed by atoms with Gasteiger partial charge in [0.15, 0.2) is 0 Å². The van der Waals surface area contributed by atoms with Gasteiger partial charge in [-0.15, -0.1) is 0 Å². The molecule has 6 rings (SSSR count). The fourth-order valence-corrected chi connectivity index (χ4v) is 4.41. The molecule has 0 bridgehead atoms. The molecule has 0 amide bonds. The van der Waals surface area contributed by atoms with E-state index in [2.05, 4.69) is 97.1 Å². The normalized spacial score (nSPS) is 12.5. The van der Waals surface area contributed by atoms with Crippen LogP contribution in [-0.4, -0.2) is 0 Å². The molecule has 120 valence electrons. The number of hydrogen-bond donors (Lipinski definition) is 0. The van der Waals surface area contributed by atoms with Gasteiger partial charge in [-0.1, -0.05) is 84.9 Å². The van der Waals surface area contributed by atoms with Crippen LogP contribution in [0, 0.1) is 20.9 Å². The summed E-state index contributed by atoms with van der Waals surface area (Å²) in [6, 6.07) is 30.6. The average molecular weight is 328 g/mol. The van der Waals surface area contributed by atoms with Crippen molar-refractivity contribution in [1.29, 1.82) is 0 Å². The molecule has 0 radical (unpaired) electrons. The maximum atomic E-state index is 2.38. The first-order chi connectivity index (χ1) is 12.9. The van der Waals surface area contributed by atoms with Crippen LogP contribution in [0.5, 0.6) is 0 Å². The number of fused-ring (bicyclic) bond motifs is 5. The van der Waals surface area contributed by atoms with Crippen molar-refractivity contribution in [2.24, 2.45) is 0 Å². The first-order valence-electron chi connectivity index (χ1n) is 9.05. The van der Waals surface area contributed by atoms with Crippen LogP contribution in [0.3, 0.4) is 0 Å². The quantitative estimate of drug-likeness (QED) is 0.424. The van der Waals surface area contributed by atoms with Gasteiger partial charge in [0.2, 0.25) is 0 Å².